The Morgan fingerprint density at radius 2 is 2.15 bits per heavy atom. The van der Waals surface area contributed by atoms with E-state index >= 15 is 0 Å². The van der Waals surface area contributed by atoms with Gasteiger partial charge in [0.2, 0.25) is 0 Å². The molecule has 0 bridgehead atoms. The molecular formula is C11H10N2. The molecule has 0 saturated carbocycles. The van der Waals surface area contributed by atoms with E-state index in [2.05, 4.69) is 22.1 Å². The number of aromatic nitrogens is 2. The highest BCUT2D eigenvalue weighted by Gasteiger charge is 2.13. The smallest absolute Gasteiger partial charge is 0.116 e. The van der Waals surface area contributed by atoms with E-state index in [1.165, 1.54) is 35.8 Å². The van der Waals surface area contributed by atoms with Gasteiger partial charge in [-0.05, 0) is 36.5 Å². The largest absolute Gasteiger partial charge is 0.244 e. The van der Waals surface area contributed by atoms with Gasteiger partial charge >= 0.3 is 0 Å². The molecule has 13 heavy (non-hydrogen) atoms. The Kier molecular flexibility index (Phi) is 1.36. The summed E-state index contributed by atoms with van der Waals surface area (Å²) in [5.74, 6) is 0. The van der Waals surface area contributed by atoms with Crippen LogP contribution in [0.2, 0.25) is 0 Å². The molecule has 1 aromatic heterocycles. The molecule has 0 unspecified atom stereocenters. The van der Waals surface area contributed by atoms with E-state index in [9.17, 15) is 0 Å². The summed E-state index contributed by atoms with van der Waals surface area (Å²) in [5.41, 5.74) is 4.04. The molecule has 1 heterocycles. The first-order chi connectivity index (χ1) is 6.45. The molecule has 64 valence electrons. The quantitative estimate of drug-likeness (QED) is 0.605. The molecule has 2 nitrogen and oxygen atoms in total. The van der Waals surface area contributed by atoms with Crippen LogP contribution < -0.4 is 0 Å². The topological polar surface area (TPSA) is 25.8 Å². The monoisotopic (exact) mass is 170 g/mol. The van der Waals surface area contributed by atoms with Crippen molar-refractivity contribution in [1.82, 2.24) is 9.97 Å². The summed E-state index contributed by atoms with van der Waals surface area (Å²) >= 11 is 0. The second kappa shape index (κ2) is 2.52. The van der Waals surface area contributed by atoms with Crippen molar-refractivity contribution >= 4 is 10.9 Å². The lowest BCUT2D eigenvalue weighted by molar-refractivity contribution is 0.913. The van der Waals surface area contributed by atoms with Crippen LogP contribution in [0.3, 0.4) is 0 Å². The lowest BCUT2D eigenvalue weighted by Crippen LogP contribution is -1.88. The summed E-state index contributed by atoms with van der Waals surface area (Å²) in [6.07, 6.45) is 7.25. The third-order valence-electron chi connectivity index (χ3n) is 2.77. The van der Waals surface area contributed by atoms with E-state index < -0.39 is 0 Å². The number of fused-ring (bicyclic) bond motifs is 3. The van der Waals surface area contributed by atoms with Gasteiger partial charge in [-0.1, -0.05) is 6.07 Å². The van der Waals surface area contributed by atoms with E-state index in [4.69, 9.17) is 0 Å². The predicted molar refractivity (Wildman–Crippen MR) is 51.6 cm³/mol. The van der Waals surface area contributed by atoms with Crippen molar-refractivity contribution in [3.63, 3.8) is 0 Å². The van der Waals surface area contributed by atoms with Crippen molar-refractivity contribution in [3.05, 3.63) is 35.8 Å². The minimum atomic E-state index is 1.08. The molecular weight excluding hydrogens is 160 g/mol. The average molecular weight is 170 g/mol. The number of rotatable bonds is 0. The maximum atomic E-state index is 4.25. The summed E-state index contributed by atoms with van der Waals surface area (Å²) < 4.78 is 0. The van der Waals surface area contributed by atoms with Crippen LogP contribution in [0.15, 0.2) is 24.7 Å². The predicted octanol–water partition coefficient (Wildman–Crippen LogP) is 2.12. The Balaban J connectivity index is 2.43. The van der Waals surface area contributed by atoms with E-state index in [1.807, 2.05) is 6.20 Å². The molecule has 0 atom stereocenters. The third kappa shape index (κ3) is 0.949. The van der Waals surface area contributed by atoms with E-state index in [1.54, 1.807) is 6.33 Å². The lowest BCUT2D eigenvalue weighted by atomic mass is 10.1. The Morgan fingerprint density at radius 3 is 3.15 bits per heavy atom. The zero-order valence-corrected chi connectivity index (χ0v) is 7.33. The lowest BCUT2D eigenvalue weighted by Gasteiger charge is -2.02. The summed E-state index contributed by atoms with van der Waals surface area (Å²) in [7, 11) is 0. The van der Waals surface area contributed by atoms with Gasteiger partial charge in [-0.2, -0.15) is 0 Å². The van der Waals surface area contributed by atoms with Crippen LogP contribution in [0.25, 0.3) is 10.9 Å². The zero-order chi connectivity index (χ0) is 8.67. The van der Waals surface area contributed by atoms with Crippen molar-refractivity contribution in [3.8, 4) is 0 Å². The van der Waals surface area contributed by atoms with Crippen LogP contribution in [-0.4, -0.2) is 9.97 Å². The van der Waals surface area contributed by atoms with Crippen LogP contribution >= 0.6 is 0 Å². The normalized spacial score (nSPS) is 14.8. The number of hydrogen-bond acceptors (Lipinski definition) is 2. The summed E-state index contributed by atoms with van der Waals surface area (Å²) in [5, 5.41) is 1.25. The van der Waals surface area contributed by atoms with Crippen LogP contribution in [0.5, 0.6) is 0 Å². The maximum Gasteiger partial charge on any atom is 0.116 e. The van der Waals surface area contributed by atoms with Gasteiger partial charge in [-0.3, -0.25) is 0 Å². The minimum absolute atomic E-state index is 1.08. The van der Waals surface area contributed by atoms with Gasteiger partial charge in [-0.25, -0.2) is 9.97 Å². The van der Waals surface area contributed by atoms with Gasteiger partial charge in [0.25, 0.3) is 0 Å². The number of hydrogen-bond donors (Lipinski definition) is 0. The standard InChI is InChI=1S/C11H10N2/c1-2-8-4-5-11-10(9(8)3-1)6-12-7-13-11/h4-7H,1-3H2. The SMILES string of the molecule is c1ncc2c3c(ccc2n1)CCC3. The second-order valence-corrected chi connectivity index (χ2v) is 3.51. The Bertz CT molecular complexity index is 463. The molecule has 0 amide bonds. The summed E-state index contributed by atoms with van der Waals surface area (Å²) in [4.78, 5) is 8.33. The minimum Gasteiger partial charge on any atom is -0.244 e. The highest BCUT2D eigenvalue weighted by molar-refractivity contribution is 5.82. The molecule has 1 aliphatic carbocycles. The molecule has 0 fully saturated rings. The maximum absolute atomic E-state index is 4.25. The van der Waals surface area contributed by atoms with Gasteiger partial charge < -0.3 is 0 Å². The van der Waals surface area contributed by atoms with Crippen molar-refractivity contribution in [2.75, 3.05) is 0 Å². The fourth-order valence-electron chi connectivity index (χ4n) is 2.14. The number of nitrogens with zero attached hydrogens (tertiary/aromatic N) is 2. The van der Waals surface area contributed by atoms with Crippen molar-refractivity contribution in [1.29, 1.82) is 0 Å². The molecule has 0 saturated heterocycles. The fraction of sp³-hybridized carbons (Fsp3) is 0.273. The van der Waals surface area contributed by atoms with Crippen molar-refractivity contribution in [2.45, 2.75) is 19.3 Å². The molecule has 2 aromatic rings. The van der Waals surface area contributed by atoms with Crippen LogP contribution in [-0.2, 0) is 12.8 Å². The Morgan fingerprint density at radius 1 is 1.15 bits per heavy atom. The first-order valence-electron chi connectivity index (χ1n) is 4.65. The highest BCUT2D eigenvalue weighted by Crippen LogP contribution is 2.27. The van der Waals surface area contributed by atoms with Gasteiger partial charge in [0.15, 0.2) is 0 Å². The van der Waals surface area contributed by atoms with Gasteiger partial charge in [0.05, 0.1) is 5.52 Å². The summed E-state index contributed by atoms with van der Waals surface area (Å²) in [6, 6.07) is 4.30. The van der Waals surface area contributed by atoms with Crippen molar-refractivity contribution < 1.29 is 0 Å². The van der Waals surface area contributed by atoms with E-state index in [0.717, 1.165) is 5.52 Å². The number of benzene rings is 1. The molecule has 3 rings (SSSR count). The van der Waals surface area contributed by atoms with Crippen LogP contribution in [0.1, 0.15) is 17.5 Å². The number of aryl methyl sites for hydroxylation is 2. The molecule has 0 spiro atoms. The van der Waals surface area contributed by atoms with Crippen molar-refractivity contribution in [2.24, 2.45) is 0 Å². The van der Waals surface area contributed by atoms with Gasteiger partial charge in [-0.15, -0.1) is 0 Å². The van der Waals surface area contributed by atoms with Crippen LogP contribution in [0, 0.1) is 0 Å². The highest BCUT2D eigenvalue weighted by atomic mass is 14.8. The zero-order valence-electron chi connectivity index (χ0n) is 7.33. The molecule has 0 aliphatic heterocycles. The fourth-order valence-corrected chi connectivity index (χ4v) is 2.14. The van der Waals surface area contributed by atoms with Gasteiger partial charge in [0.1, 0.15) is 6.33 Å². The first kappa shape index (κ1) is 7.01. The molecule has 2 heteroatoms. The molecule has 1 aromatic carbocycles. The molecule has 1 aliphatic rings. The first-order valence-corrected chi connectivity index (χ1v) is 4.65. The molecule has 0 N–H and O–H groups in total. The van der Waals surface area contributed by atoms with E-state index in [0.29, 0.717) is 0 Å². The average Bonchev–Trinajstić information content (AvgIpc) is 2.65. The second-order valence-electron chi connectivity index (χ2n) is 3.51. The Labute approximate surface area is 76.6 Å². The van der Waals surface area contributed by atoms with Gasteiger partial charge in [0, 0.05) is 11.6 Å². The van der Waals surface area contributed by atoms with Crippen LogP contribution in [0.4, 0.5) is 0 Å². The molecule has 0 radical (unpaired) electrons. The summed E-state index contributed by atoms with van der Waals surface area (Å²) in [6.45, 7) is 0. The Hall–Kier alpha value is -1.44. The van der Waals surface area contributed by atoms with E-state index in [-0.39, 0.29) is 0 Å². The third-order valence-corrected chi connectivity index (χ3v) is 2.77.